The van der Waals surface area contributed by atoms with Crippen LogP contribution < -0.4 is 11.1 Å². The Balaban J connectivity index is 1.37. The number of rotatable bonds is 6. The van der Waals surface area contributed by atoms with Crippen molar-refractivity contribution in [3.63, 3.8) is 0 Å². The van der Waals surface area contributed by atoms with Crippen LogP contribution in [0.1, 0.15) is 16.8 Å². The third-order valence-electron chi connectivity index (χ3n) is 6.35. The maximum absolute atomic E-state index is 15.3. The van der Waals surface area contributed by atoms with Crippen LogP contribution in [0.25, 0.3) is 21.3 Å². The normalized spacial score (nSPS) is 17.3. The summed E-state index contributed by atoms with van der Waals surface area (Å²) in [4.78, 5) is 39.2. The van der Waals surface area contributed by atoms with Crippen LogP contribution in [0.5, 0.6) is 0 Å². The molecule has 1 saturated heterocycles. The van der Waals surface area contributed by atoms with E-state index in [9.17, 15) is 18.8 Å². The van der Waals surface area contributed by atoms with Crippen molar-refractivity contribution in [3.8, 4) is 11.1 Å². The molecule has 3 heterocycles. The molecular formula is C26H21ClF2N4O3S. The summed E-state index contributed by atoms with van der Waals surface area (Å²) in [5.74, 6) is -2.52. The Morgan fingerprint density at radius 1 is 1.11 bits per heavy atom. The van der Waals surface area contributed by atoms with Crippen LogP contribution >= 0.6 is 22.9 Å². The van der Waals surface area contributed by atoms with Gasteiger partial charge in [0.1, 0.15) is 18.8 Å². The third-order valence-corrected chi connectivity index (χ3v) is 7.61. The van der Waals surface area contributed by atoms with Gasteiger partial charge in [-0.05, 0) is 23.6 Å². The van der Waals surface area contributed by atoms with Crippen LogP contribution in [-0.4, -0.2) is 45.9 Å². The molecule has 0 aliphatic carbocycles. The fourth-order valence-corrected chi connectivity index (χ4v) is 5.76. The fourth-order valence-electron chi connectivity index (χ4n) is 4.60. The highest BCUT2D eigenvalue weighted by molar-refractivity contribution is 7.17. The zero-order valence-electron chi connectivity index (χ0n) is 19.3. The summed E-state index contributed by atoms with van der Waals surface area (Å²) in [6.45, 7) is -0.483. The highest BCUT2D eigenvalue weighted by atomic mass is 35.5. The molecule has 0 saturated carbocycles. The Hall–Kier alpha value is -3.76. The first-order valence-corrected chi connectivity index (χ1v) is 12.6. The molecule has 1 aliphatic heterocycles. The van der Waals surface area contributed by atoms with E-state index >= 15 is 4.39 Å². The van der Waals surface area contributed by atoms with Crippen LogP contribution in [0.4, 0.5) is 14.5 Å². The number of carbonyl (C=O) groups excluding carboxylic acids is 3. The molecule has 7 nitrogen and oxygen atoms in total. The summed E-state index contributed by atoms with van der Waals surface area (Å²) in [7, 11) is 0. The monoisotopic (exact) mass is 542 g/mol. The minimum atomic E-state index is -1.41. The van der Waals surface area contributed by atoms with E-state index < -0.39 is 35.8 Å². The molecule has 0 radical (unpaired) electrons. The molecule has 2 aromatic heterocycles. The lowest BCUT2D eigenvalue weighted by atomic mass is 10.0. The van der Waals surface area contributed by atoms with E-state index in [2.05, 4.69) is 5.32 Å². The first kappa shape index (κ1) is 24.9. The van der Waals surface area contributed by atoms with Gasteiger partial charge >= 0.3 is 0 Å². The minimum absolute atomic E-state index is 0.103. The number of nitrogens with one attached hydrogen (secondary N) is 1. The average molecular weight is 543 g/mol. The lowest BCUT2D eigenvalue weighted by Crippen LogP contribution is -2.44. The van der Waals surface area contributed by atoms with E-state index in [1.165, 1.54) is 29.7 Å². The van der Waals surface area contributed by atoms with Gasteiger partial charge in [0.25, 0.3) is 5.91 Å². The summed E-state index contributed by atoms with van der Waals surface area (Å²) in [6, 6.07) is 11.9. The predicted octanol–water partition coefficient (Wildman–Crippen LogP) is 4.84. The molecule has 1 fully saturated rings. The molecule has 2 atom stereocenters. The average Bonchev–Trinajstić information content (AvgIpc) is 3.57. The van der Waals surface area contributed by atoms with Crippen molar-refractivity contribution in [1.29, 1.82) is 0 Å². The van der Waals surface area contributed by atoms with Crippen molar-refractivity contribution in [1.82, 2.24) is 9.47 Å². The quantitative estimate of drug-likeness (QED) is 0.365. The number of nitrogens with zero attached hydrogens (tertiary/aromatic N) is 2. The Morgan fingerprint density at radius 2 is 1.86 bits per heavy atom. The second-order valence-electron chi connectivity index (χ2n) is 8.70. The molecule has 190 valence electrons. The largest absolute Gasteiger partial charge is 0.366 e. The van der Waals surface area contributed by atoms with Crippen molar-refractivity contribution < 1.29 is 23.2 Å². The van der Waals surface area contributed by atoms with Gasteiger partial charge in [-0.15, -0.1) is 11.3 Å². The van der Waals surface area contributed by atoms with Gasteiger partial charge in [-0.1, -0.05) is 41.9 Å². The van der Waals surface area contributed by atoms with Crippen molar-refractivity contribution in [3.05, 3.63) is 76.5 Å². The molecular weight excluding hydrogens is 522 g/mol. The number of halogens is 3. The number of alkyl halides is 1. The molecule has 1 unspecified atom stereocenters. The molecule has 0 bridgehead atoms. The van der Waals surface area contributed by atoms with E-state index in [0.717, 1.165) is 4.90 Å². The van der Waals surface area contributed by atoms with Gasteiger partial charge < -0.3 is 20.5 Å². The lowest BCUT2D eigenvalue weighted by Gasteiger charge is -2.24. The number of hydrogen-bond donors (Lipinski definition) is 2. The SMILES string of the molecule is NC(=O)c1cn(CC(=O)N2C[C@H](F)CC2C(=O)Nc2cccc(-c3ccccc3Cl)c2F)c2ccsc12. The highest BCUT2D eigenvalue weighted by Gasteiger charge is 2.40. The van der Waals surface area contributed by atoms with E-state index in [-0.39, 0.29) is 36.3 Å². The summed E-state index contributed by atoms with van der Waals surface area (Å²) in [6.07, 6.45) is -0.143. The van der Waals surface area contributed by atoms with Crippen molar-refractivity contribution in [2.45, 2.75) is 25.2 Å². The molecule has 0 spiro atoms. The smallest absolute Gasteiger partial charge is 0.251 e. The first-order chi connectivity index (χ1) is 17.7. The van der Waals surface area contributed by atoms with Crippen LogP contribution in [0, 0.1) is 5.82 Å². The van der Waals surface area contributed by atoms with E-state index in [0.29, 0.717) is 20.8 Å². The lowest BCUT2D eigenvalue weighted by molar-refractivity contribution is -0.137. The second-order valence-corrected chi connectivity index (χ2v) is 10.0. The summed E-state index contributed by atoms with van der Waals surface area (Å²) in [5.41, 5.74) is 6.92. The Labute approximate surface area is 219 Å². The van der Waals surface area contributed by atoms with Crippen LogP contribution in [0.15, 0.2) is 60.1 Å². The zero-order valence-corrected chi connectivity index (χ0v) is 20.9. The number of primary amides is 1. The maximum atomic E-state index is 15.3. The molecule has 1 aliphatic rings. The summed E-state index contributed by atoms with van der Waals surface area (Å²) >= 11 is 7.53. The number of benzene rings is 2. The first-order valence-electron chi connectivity index (χ1n) is 11.4. The van der Waals surface area contributed by atoms with Gasteiger partial charge in [0, 0.05) is 28.8 Å². The Kier molecular flexibility index (Phi) is 6.70. The number of fused-ring (bicyclic) bond motifs is 1. The van der Waals surface area contributed by atoms with E-state index in [1.54, 1.807) is 46.3 Å². The van der Waals surface area contributed by atoms with Gasteiger partial charge in [-0.25, -0.2) is 8.78 Å². The Bertz CT molecular complexity index is 1540. The molecule has 2 aromatic carbocycles. The topological polar surface area (TPSA) is 97.4 Å². The third kappa shape index (κ3) is 4.70. The minimum Gasteiger partial charge on any atom is -0.366 e. The molecule has 3 amide bonds. The van der Waals surface area contributed by atoms with Gasteiger partial charge in [0.05, 0.1) is 28.0 Å². The maximum Gasteiger partial charge on any atom is 0.251 e. The van der Waals surface area contributed by atoms with Crippen LogP contribution in [0.2, 0.25) is 5.02 Å². The number of amides is 3. The van der Waals surface area contributed by atoms with Crippen LogP contribution in [0.3, 0.4) is 0 Å². The number of anilines is 1. The van der Waals surface area contributed by atoms with Crippen LogP contribution in [-0.2, 0) is 16.1 Å². The van der Waals surface area contributed by atoms with Gasteiger partial charge in [-0.2, -0.15) is 0 Å². The molecule has 4 aromatic rings. The number of aromatic nitrogens is 1. The van der Waals surface area contributed by atoms with E-state index in [4.69, 9.17) is 17.3 Å². The van der Waals surface area contributed by atoms with Crippen molar-refractivity contribution >= 4 is 56.6 Å². The van der Waals surface area contributed by atoms with E-state index in [1.807, 2.05) is 0 Å². The Morgan fingerprint density at radius 3 is 2.62 bits per heavy atom. The van der Waals surface area contributed by atoms with Crippen molar-refractivity contribution in [2.75, 3.05) is 11.9 Å². The van der Waals surface area contributed by atoms with Gasteiger partial charge in [0.15, 0.2) is 5.82 Å². The fraction of sp³-hybridized carbons (Fsp3) is 0.192. The zero-order chi connectivity index (χ0) is 26.3. The number of carbonyl (C=O) groups is 3. The number of nitrogens with two attached hydrogens (primary N) is 1. The number of likely N-dealkylation sites (tertiary alicyclic amines) is 1. The molecule has 3 N–H and O–H groups in total. The van der Waals surface area contributed by atoms with Gasteiger partial charge in [0.2, 0.25) is 11.8 Å². The summed E-state index contributed by atoms with van der Waals surface area (Å²) in [5, 5.41) is 4.63. The second kappa shape index (κ2) is 9.95. The summed E-state index contributed by atoms with van der Waals surface area (Å²) < 4.78 is 31.9. The highest BCUT2D eigenvalue weighted by Crippen LogP contribution is 2.33. The predicted molar refractivity (Wildman–Crippen MR) is 139 cm³/mol. The van der Waals surface area contributed by atoms with Crippen molar-refractivity contribution in [2.24, 2.45) is 5.73 Å². The molecule has 5 rings (SSSR count). The molecule has 11 heteroatoms. The number of hydrogen-bond acceptors (Lipinski definition) is 4. The number of thiophene rings is 1. The molecule has 37 heavy (non-hydrogen) atoms. The standard InChI is InChI=1S/C26H21ClF2N4O3S/c27-18-6-2-1-4-15(18)16-5-3-7-19(23(16)29)31-26(36)21-10-14(28)11-33(21)22(34)13-32-12-17(25(30)35)24-20(32)8-9-37-24/h1-9,12,14,21H,10-11,13H2,(H2,30,35)(H,31,36)/t14-,21?/m1/s1. The van der Waals surface area contributed by atoms with Gasteiger partial charge in [-0.3, -0.25) is 14.4 Å².